The van der Waals surface area contributed by atoms with Crippen LogP contribution < -0.4 is 4.90 Å². The second-order valence-electron chi connectivity index (χ2n) is 9.75. The Morgan fingerprint density at radius 1 is 0.897 bits per heavy atom. The number of alkyl halides is 3. The van der Waals surface area contributed by atoms with Gasteiger partial charge in [0.2, 0.25) is 5.91 Å². The van der Waals surface area contributed by atoms with Crippen LogP contribution in [0, 0.1) is 0 Å². The van der Waals surface area contributed by atoms with Crippen molar-refractivity contribution < 1.29 is 22.8 Å². The van der Waals surface area contributed by atoms with Crippen LogP contribution in [0.2, 0.25) is 5.02 Å². The number of nitrogens with zero attached hydrogens (tertiary/aromatic N) is 3. The molecule has 0 radical (unpaired) electrons. The van der Waals surface area contributed by atoms with Crippen LogP contribution in [0.25, 0.3) is 5.69 Å². The van der Waals surface area contributed by atoms with E-state index in [4.69, 9.17) is 11.6 Å². The molecule has 6 rings (SSSR count). The fourth-order valence-electron chi connectivity index (χ4n) is 5.20. The molecule has 198 valence electrons. The highest BCUT2D eigenvalue weighted by Crippen LogP contribution is 2.43. The first kappa shape index (κ1) is 25.2. The molecule has 0 saturated heterocycles. The summed E-state index contributed by atoms with van der Waals surface area (Å²) >= 11 is 6.34. The minimum absolute atomic E-state index is 0.113. The first-order valence-corrected chi connectivity index (χ1v) is 12.9. The summed E-state index contributed by atoms with van der Waals surface area (Å²) in [4.78, 5) is 30.8. The van der Waals surface area contributed by atoms with Gasteiger partial charge in [0.25, 0.3) is 5.91 Å². The highest BCUT2D eigenvalue weighted by molar-refractivity contribution is 6.30. The summed E-state index contributed by atoms with van der Waals surface area (Å²) < 4.78 is 41.2. The fourth-order valence-corrected chi connectivity index (χ4v) is 5.40. The van der Waals surface area contributed by atoms with Crippen LogP contribution in [-0.2, 0) is 11.0 Å². The third kappa shape index (κ3) is 4.69. The summed E-state index contributed by atoms with van der Waals surface area (Å²) in [5.41, 5.74) is 2.49. The maximum absolute atomic E-state index is 14.2. The molecule has 5 nitrogen and oxygen atoms in total. The van der Waals surface area contributed by atoms with Gasteiger partial charge in [0.05, 0.1) is 22.6 Å². The van der Waals surface area contributed by atoms with Crippen molar-refractivity contribution in [2.75, 3.05) is 11.4 Å². The standard InChI is InChI=1S/C30H23ClF3N3O2/c31-22-6-3-5-20(17-22)28-26-9-4-16-35(26)24-7-1-2-8-25(24)37(28)27(38)18-36(23-14-15-23)29(39)19-10-12-21(13-11-19)30(32,33)34/h1-13,16-17,23,28H,14-15,18H2/t28-/m1/s1. The number of hydrogen-bond donors (Lipinski definition) is 0. The topological polar surface area (TPSA) is 45.6 Å². The Morgan fingerprint density at radius 2 is 1.62 bits per heavy atom. The SMILES string of the molecule is O=C(c1ccc(C(F)(F)F)cc1)N(CC(=O)N1c2ccccc2-n2cccc2[C@H]1c1cccc(Cl)c1)C1CC1. The van der Waals surface area contributed by atoms with E-state index in [0.29, 0.717) is 10.7 Å². The molecule has 1 atom stereocenters. The van der Waals surface area contributed by atoms with Crippen LogP contribution in [0.5, 0.6) is 0 Å². The van der Waals surface area contributed by atoms with Crippen LogP contribution >= 0.6 is 11.6 Å². The average molecular weight is 550 g/mol. The van der Waals surface area contributed by atoms with Gasteiger partial charge in [-0.2, -0.15) is 13.2 Å². The van der Waals surface area contributed by atoms with E-state index in [-0.39, 0.29) is 24.1 Å². The van der Waals surface area contributed by atoms with Gasteiger partial charge in [-0.15, -0.1) is 0 Å². The van der Waals surface area contributed by atoms with Crippen molar-refractivity contribution in [1.29, 1.82) is 0 Å². The number of hydrogen-bond acceptors (Lipinski definition) is 2. The summed E-state index contributed by atoms with van der Waals surface area (Å²) in [5, 5.41) is 0.536. The second kappa shape index (κ2) is 9.61. The zero-order chi connectivity index (χ0) is 27.3. The Labute approximate surface area is 228 Å². The molecule has 0 N–H and O–H groups in total. The van der Waals surface area contributed by atoms with E-state index in [2.05, 4.69) is 0 Å². The van der Waals surface area contributed by atoms with E-state index in [1.165, 1.54) is 17.0 Å². The summed E-state index contributed by atoms with van der Waals surface area (Å²) in [5.74, 6) is -0.764. The molecule has 1 aromatic heterocycles. The van der Waals surface area contributed by atoms with Gasteiger partial charge in [0, 0.05) is 22.8 Å². The minimum Gasteiger partial charge on any atom is -0.326 e. The average Bonchev–Trinajstić information content (AvgIpc) is 3.65. The van der Waals surface area contributed by atoms with Gasteiger partial charge in [0.1, 0.15) is 12.6 Å². The molecule has 1 aliphatic carbocycles. The minimum atomic E-state index is -4.50. The molecule has 4 aromatic rings. The molecule has 2 aliphatic rings. The molecule has 0 unspecified atom stereocenters. The van der Waals surface area contributed by atoms with Gasteiger partial charge < -0.3 is 9.47 Å². The highest BCUT2D eigenvalue weighted by Gasteiger charge is 2.40. The van der Waals surface area contributed by atoms with Crippen molar-refractivity contribution in [2.24, 2.45) is 0 Å². The Bertz CT molecular complexity index is 1560. The zero-order valence-corrected chi connectivity index (χ0v) is 21.4. The van der Waals surface area contributed by atoms with Crippen molar-refractivity contribution in [3.8, 4) is 5.69 Å². The molecular weight excluding hydrogens is 527 g/mol. The molecule has 2 amide bonds. The van der Waals surface area contributed by atoms with Crippen LogP contribution in [0.1, 0.15) is 46.1 Å². The number of fused-ring (bicyclic) bond motifs is 3. The Hall–Kier alpha value is -4.04. The molecule has 1 aliphatic heterocycles. The zero-order valence-electron chi connectivity index (χ0n) is 20.6. The summed E-state index contributed by atoms with van der Waals surface area (Å²) in [6.07, 6.45) is -1.09. The van der Waals surface area contributed by atoms with Gasteiger partial charge in [-0.25, -0.2) is 0 Å². The first-order valence-electron chi connectivity index (χ1n) is 12.5. The lowest BCUT2D eigenvalue weighted by atomic mass is 9.97. The van der Waals surface area contributed by atoms with E-state index in [1.807, 2.05) is 65.4 Å². The molecule has 1 fully saturated rings. The first-order chi connectivity index (χ1) is 18.7. The van der Waals surface area contributed by atoms with Gasteiger partial charge >= 0.3 is 6.18 Å². The fraction of sp³-hybridized carbons (Fsp3) is 0.200. The lowest BCUT2D eigenvalue weighted by molar-refractivity contribution is -0.137. The van der Waals surface area contributed by atoms with Crippen molar-refractivity contribution in [3.05, 3.63) is 119 Å². The number of rotatable bonds is 5. The molecule has 2 heterocycles. The number of carbonyl (C=O) groups is 2. The van der Waals surface area contributed by atoms with Gasteiger partial charge in [-0.1, -0.05) is 35.9 Å². The number of benzene rings is 3. The molecule has 39 heavy (non-hydrogen) atoms. The lowest BCUT2D eigenvalue weighted by Gasteiger charge is -2.39. The molecule has 0 spiro atoms. The Balaban J connectivity index is 1.37. The molecule has 0 bridgehead atoms. The van der Waals surface area contributed by atoms with Crippen LogP contribution in [0.3, 0.4) is 0 Å². The molecule has 3 aromatic carbocycles. The quantitative estimate of drug-likeness (QED) is 0.272. The number of aromatic nitrogens is 1. The van der Waals surface area contributed by atoms with E-state index in [1.54, 1.807) is 11.0 Å². The van der Waals surface area contributed by atoms with Crippen molar-refractivity contribution in [2.45, 2.75) is 31.1 Å². The molecule has 1 saturated carbocycles. The molecule has 9 heteroatoms. The maximum Gasteiger partial charge on any atom is 0.416 e. The number of halogens is 4. The van der Waals surface area contributed by atoms with E-state index in [9.17, 15) is 22.8 Å². The smallest absolute Gasteiger partial charge is 0.326 e. The predicted molar refractivity (Wildman–Crippen MR) is 142 cm³/mol. The lowest BCUT2D eigenvalue weighted by Crippen LogP contribution is -2.47. The van der Waals surface area contributed by atoms with Crippen LogP contribution in [-0.4, -0.2) is 33.9 Å². The summed E-state index contributed by atoms with van der Waals surface area (Å²) in [6.45, 7) is -0.212. The number of amides is 2. The van der Waals surface area contributed by atoms with Crippen LogP contribution in [0.15, 0.2) is 91.1 Å². The number of para-hydroxylation sites is 2. The van der Waals surface area contributed by atoms with Crippen molar-refractivity contribution >= 4 is 29.1 Å². The van der Waals surface area contributed by atoms with Crippen LogP contribution in [0.4, 0.5) is 18.9 Å². The predicted octanol–water partition coefficient (Wildman–Crippen LogP) is 6.89. The van der Waals surface area contributed by atoms with E-state index in [0.717, 1.165) is 41.9 Å². The monoisotopic (exact) mass is 549 g/mol. The summed E-state index contributed by atoms with van der Waals surface area (Å²) in [7, 11) is 0. The highest BCUT2D eigenvalue weighted by atomic mass is 35.5. The number of carbonyl (C=O) groups excluding carboxylic acids is 2. The van der Waals surface area contributed by atoms with E-state index >= 15 is 0 Å². The normalized spacial score (nSPS) is 16.4. The largest absolute Gasteiger partial charge is 0.416 e. The van der Waals surface area contributed by atoms with Gasteiger partial charge in [0.15, 0.2) is 0 Å². The van der Waals surface area contributed by atoms with Crippen molar-refractivity contribution in [1.82, 2.24) is 9.47 Å². The maximum atomic E-state index is 14.2. The molecular formula is C30H23ClF3N3O2. The third-order valence-corrected chi connectivity index (χ3v) is 7.40. The van der Waals surface area contributed by atoms with Crippen molar-refractivity contribution in [3.63, 3.8) is 0 Å². The summed E-state index contributed by atoms with van der Waals surface area (Å²) in [6, 6.07) is 22.2. The third-order valence-electron chi connectivity index (χ3n) is 7.17. The van der Waals surface area contributed by atoms with E-state index < -0.39 is 23.7 Å². The van der Waals surface area contributed by atoms with Gasteiger partial charge in [-0.05, 0) is 79.1 Å². The van der Waals surface area contributed by atoms with Gasteiger partial charge in [-0.3, -0.25) is 14.5 Å². The second-order valence-corrected chi connectivity index (χ2v) is 10.2. The Kier molecular flexibility index (Phi) is 6.22. The Morgan fingerprint density at radius 3 is 2.28 bits per heavy atom. The number of anilines is 1.